The number of sulfonamides is 1. The first-order chi connectivity index (χ1) is 16.4. The molecule has 0 radical (unpaired) electrons. The van der Waals surface area contributed by atoms with E-state index in [-0.39, 0.29) is 4.90 Å². The molecule has 0 amide bonds. The molecule has 1 heterocycles. The van der Waals surface area contributed by atoms with Crippen LogP contribution in [0.25, 0.3) is 0 Å². The predicted octanol–water partition coefficient (Wildman–Crippen LogP) is 4.26. The minimum Gasteiger partial charge on any atom is -0.497 e. The van der Waals surface area contributed by atoms with Crippen LogP contribution < -0.4 is 18.9 Å². The Hall–Kier alpha value is -3.72. The summed E-state index contributed by atoms with van der Waals surface area (Å²) in [7, 11) is 2.26. The van der Waals surface area contributed by atoms with E-state index in [0.717, 1.165) is 4.41 Å². The number of hydrogen-bond donors (Lipinski definition) is 0. The third-order valence-corrected chi connectivity index (χ3v) is 7.37. The second-order valence-corrected chi connectivity index (χ2v) is 9.33. The lowest BCUT2D eigenvalue weighted by Gasteiger charge is -2.25. The third kappa shape index (κ3) is 4.26. The van der Waals surface area contributed by atoms with E-state index in [1.54, 1.807) is 89.1 Å². The Bertz CT molecular complexity index is 1310. The predicted molar refractivity (Wildman–Crippen MR) is 128 cm³/mol. The van der Waals surface area contributed by atoms with Crippen molar-refractivity contribution in [1.29, 1.82) is 0 Å². The lowest BCUT2D eigenvalue weighted by Crippen LogP contribution is -2.27. The number of hydrogen-bond acceptors (Lipinski definition) is 7. The molecule has 8 nitrogen and oxygen atoms in total. The highest BCUT2D eigenvalue weighted by Crippen LogP contribution is 2.43. The van der Waals surface area contributed by atoms with Crippen LogP contribution in [0.2, 0.25) is 0 Å². The molecule has 0 aliphatic carbocycles. The van der Waals surface area contributed by atoms with Gasteiger partial charge in [0.05, 0.1) is 45.1 Å². The SMILES string of the molecule is COc1ccc(C2=NN(S(=O)(=O)c3ccccc3)[C@H](c3cc(OC)ccc3OC)C2)c(OC)c1. The van der Waals surface area contributed by atoms with Crippen LogP contribution in [0.3, 0.4) is 0 Å². The van der Waals surface area contributed by atoms with Crippen LogP contribution in [0.1, 0.15) is 23.6 Å². The normalized spacial score (nSPS) is 15.6. The van der Waals surface area contributed by atoms with E-state index in [2.05, 4.69) is 5.10 Å². The monoisotopic (exact) mass is 482 g/mol. The van der Waals surface area contributed by atoms with Crippen LogP contribution in [0.15, 0.2) is 76.7 Å². The average Bonchev–Trinajstić information content (AvgIpc) is 3.34. The van der Waals surface area contributed by atoms with Gasteiger partial charge in [-0.05, 0) is 42.5 Å². The summed E-state index contributed by atoms with van der Waals surface area (Å²) in [6.45, 7) is 0. The smallest absolute Gasteiger partial charge is 0.279 e. The van der Waals surface area contributed by atoms with E-state index in [1.165, 1.54) is 0 Å². The summed E-state index contributed by atoms with van der Waals surface area (Å²) in [6.07, 6.45) is 0.304. The van der Waals surface area contributed by atoms with Crippen LogP contribution in [0, 0.1) is 0 Å². The van der Waals surface area contributed by atoms with Gasteiger partial charge in [-0.2, -0.15) is 17.9 Å². The zero-order valence-electron chi connectivity index (χ0n) is 19.4. The molecule has 0 saturated heterocycles. The number of hydrazone groups is 1. The van der Waals surface area contributed by atoms with Crippen molar-refractivity contribution in [3.8, 4) is 23.0 Å². The second-order valence-electron chi connectivity index (χ2n) is 7.53. The Morgan fingerprint density at radius 1 is 0.794 bits per heavy atom. The Labute approximate surface area is 199 Å². The van der Waals surface area contributed by atoms with Crippen molar-refractivity contribution in [2.24, 2.45) is 5.10 Å². The van der Waals surface area contributed by atoms with Crippen molar-refractivity contribution >= 4 is 15.7 Å². The molecule has 1 aliphatic rings. The van der Waals surface area contributed by atoms with Gasteiger partial charge in [0.25, 0.3) is 10.0 Å². The fourth-order valence-electron chi connectivity index (χ4n) is 3.94. The van der Waals surface area contributed by atoms with Crippen molar-refractivity contribution in [3.63, 3.8) is 0 Å². The fraction of sp³-hybridized carbons (Fsp3) is 0.240. The van der Waals surface area contributed by atoms with Crippen LogP contribution in [-0.2, 0) is 10.0 Å². The number of rotatable bonds is 8. The third-order valence-electron chi connectivity index (χ3n) is 5.68. The van der Waals surface area contributed by atoms with Gasteiger partial charge < -0.3 is 18.9 Å². The molecule has 34 heavy (non-hydrogen) atoms. The first-order valence-electron chi connectivity index (χ1n) is 10.5. The van der Waals surface area contributed by atoms with Gasteiger partial charge in [0.2, 0.25) is 0 Å². The van der Waals surface area contributed by atoms with Gasteiger partial charge in [0, 0.05) is 23.6 Å². The minimum absolute atomic E-state index is 0.147. The van der Waals surface area contributed by atoms with Gasteiger partial charge in [0.1, 0.15) is 23.0 Å². The second kappa shape index (κ2) is 9.64. The maximum atomic E-state index is 13.7. The molecule has 4 rings (SSSR count). The van der Waals surface area contributed by atoms with E-state index < -0.39 is 16.1 Å². The molecule has 0 aromatic heterocycles. The lowest BCUT2D eigenvalue weighted by molar-refractivity contribution is 0.346. The largest absolute Gasteiger partial charge is 0.497 e. The number of benzene rings is 3. The summed E-state index contributed by atoms with van der Waals surface area (Å²) in [5, 5.41) is 4.60. The van der Waals surface area contributed by atoms with Crippen molar-refractivity contribution in [1.82, 2.24) is 4.41 Å². The topological polar surface area (TPSA) is 86.7 Å². The summed E-state index contributed by atoms with van der Waals surface area (Å²) < 4.78 is 50.4. The lowest BCUT2D eigenvalue weighted by atomic mass is 9.97. The Morgan fingerprint density at radius 3 is 2.09 bits per heavy atom. The summed E-state index contributed by atoms with van der Waals surface area (Å²) in [5.74, 6) is 2.29. The maximum absolute atomic E-state index is 13.7. The van der Waals surface area contributed by atoms with Gasteiger partial charge in [-0.15, -0.1) is 0 Å². The number of nitrogens with zero attached hydrogens (tertiary/aromatic N) is 2. The van der Waals surface area contributed by atoms with E-state index in [0.29, 0.717) is 46.3 Å². The Kier molecular flexibility index (Phi) is 6.65. The van der Waals surface area contributed by atoms with Crippen molar-refractivity contribution < 1.29 is 27.4 Å². The van der Waals surface area contributed by atoms with Gasteiger partial charge >= 0.3 is 0 Å². The van der Waals surface area contributed by atoms with Crippen LogP contribution in [0.4, 0.5) is 0 Å². The maximum Gasteiger partial charge on any atom is 0.279 e. The van der Waals surface area contributed by atoms with Crippen molar-refractivity contribution in [3.05, 3.63) is 77.9 Å². The number of methoxy groups -OCH3 is 4. The van der Waals surface area contributed by atoms with Crippen molar-refractivity contribution in [2.75, 3.05) is 28.4 Å². The molecular formula is C25H26N2O6S. The quantitative estimate of drug-likeness (QED) is 0.477. The average molecular weight is 483 g/mol. The first kappa shape index (κ1) is 23.4. The summed E-state index contributed by atoms with van der Waals surface area (Å²) >= 11 is 0. The highest BCUT2D eigenvalue weighted by atomic mass is 32.2. The molecule has 9 heteroatoms. The van der Waals surface area contributed by atoms with Gasteiger partial charge in [-0.25, -0.2) is 0 Å². The minimum atomic E-state index is -3.97. The molecule has 3 aromatic carbocycles. The molecule has 0 N–H and O–H groups in total. The first-order valence-corrected chi connectivity index (χ1v) is 12.0. The molecule has 0 saturated carbocycles. The standard InChI is InChI=1S/C25H26N2O6S/c1-30-17-11-13-24(32-3)21(14-17)23-16-22(20-12-10-18(31-2)15-25(20)33-4)26-27(23)34(28,29)19-8-6-5-7-9-19/h5-15,23H,16H2,1-4H3/t23-/m0/s1. The van der Waals surface area contributed by atoms with E-state index in [9.17, 15) is 8.42 Å². The molecular weight excluding hydrogens is 456 g/mol. The Balaban J connectivity index is 1.88. The van der Waals surface area contributed by atoms with Crippen LogP contribution in [-0.4, -0.2) is 47.0 Å². The van der Waals surface area contributed by atoms with E-state index in [4.69, 9.17) is 18.9 Å². The molecule has 0 unspecified atom stereocenters. The molecule has 178 valence electrons. The molecule has 1 aliphatic heterocycles. The zero-order chi connectivity index (χ0) is 24.3. The van der Waals surface area contributed by atoms with E-state index in [1.807, 2.05) is 6.07 Å². The van der Waals surface area contributed by atoms with Gasteiger partial charge in [-0.3, -0.25) is 0 Å². The highest BCUT2D eigenvalue weighted by Gasteiger charge is 2.40. The van der Waals surface area contributed by atoms with Crippen LogP contribution in [0.5, 0.6) is 23.0 Å². The summed E-state index contributed by atoms with van der Waals surface area (Å²) in [4.78, 5) is 0.147. The number of ether oxygens (including phenoxy) is 4. The molecule has 0 spiro atoms. The highest BCUT2D eigenvalue weighted by molar-refractivity contribution is 7.89. The zero-order valence-corrected chi connectivity index (χ0v) is 20.2. The summed E-state index contributed by atoms with van der Waals surface area (Å²) in [5.41, 5.74) is 1.89. The summed E-state index contributed by atoms with van der Waals surface area (Å²) in [6, 6.07) is 18.2. The fourth-order valence-corrected chi connectivity index (χ4v) is 5.39. The van der Waals surface area contributed by atoms with Gasteiger partial charge in [0.15, 0.2) is 0 Å². The Morgan fingerprint density at radius 2 is 1.44 bits per heavy atom. The molecule has 1 atom stereocenters. The molecule has 3 aromatic rings. The van der Waals surface area contributed by atoms with Crippen molar-refractivity contribution in [2.45, 2.75) is 17.4 Å². The van der Waals surface area contributed by atoms with Crippen LogP contribution >= 0.6 is 0 Å². The van der Waals surface area contributed by atoms with Gasteiger partial charge in [-0.1, -0.05) is 18.2 Å². The molecule has 0 bridgehead atoms. The van der Waals surface area contributed by atoms with E-state index >= 15 is 0 Å². The molecule has 0 fully saturated rings.